The molecule has 1 aliphatic rings. The standard InChI is InChI=1S/C13H28N2O/c1-10(2)8-15(9-11(3)4)12-7-14-6-5-13(12)16/h10-14,16H,5-9H2,1-4H3. The van der Waals surface area contributed by atoms with Gasteiger partial charge < -0.3 is 10.4 Å². The Hall–Kier alpha value is -0.120. The Morgan fingerprint density at radius 3 is 2.19 bits per heavy atom. The summed E-state index contributed by atoms with van der Waals surface area (Å²) in [6.45, 7) is 13.0. The van der Waals surface area contributed by atoms with Crippen LogP contribution in [0.25, 0.3) is 0 Å². The van der Waals surface area contributed by atoms with Crippen molar-refractivity contribution in [2.24, 2.45) is 11.8 Å². The van der Waals surface area contributed by atoms with Gasteiger partial charge in [0, 0.05) is 25.7 Å². The lowest BCUT2D eigenvalue weighted by molar-refractivity contribution is 0.0174. The number of piperidine rings is 1. The fraction of sp³-hybridized carbons (Fsp3) is 1.00. The van der Waals surface area contributed by atoms with Gasteiger partial charge in [0.05, 0.1) is 6.10 Å². The van der Waals surface area contributed by atoms with Crippen LogP contribution in [-0.2, 0) is 0 Å². The quantitative estimate of drug-likeness (QED) is 0.745. The second-order valence-electron chi connectivity index (χ2n) is 5.87. The predicted octanol–water partition coefficient (Wildman–Crippen LogP) is 1.32. The van der Waals surface area contributed by atoms with Gasteiger partial charge in [0.15, 0.2) is 0 Å². The first-order valence-corrected chi connectivity index (χ1v) is 6.63. The van der Waals surface area contributed by atoms with E-state index < -0.39 is 0 Å². The highest BCUT2D eigenvalue weighted by Crippen LogP contribution is 2.15. The third-order valence-corrected chi connectivity index (χ3v) is 3.08. The summed E-state index contributed by atoms with van der Waals surface area (Å²) in [5.74, 6) is 1.32. The molecule has 0 aromatic heterocycles. The molecule has 1 saturated heterocycles. The zero-order valence-corrected chi connectivity index (χ0v) is 11.2. The largest absolute Gasteiger partial charge is 0.391 e. The number of nitrogens with one attached hydrogen (secondary N) is 1. The van der Waals surface area contributed by atoms with Gasteiger partial charge in [-0.3, -0.25) is 4.90 Å². The number of nitrogens with zero attached hydrogens (tertiary/aromatic N) is 1. The van der Waals surface area contributed by atoms with Crippen molar-refractivity contribution in [2.75, 3.05) is 26.2 Å². The number of aliphatic hydroxyl groups is 1. The monoisotopic (exact) mass is 228 g/mol. The van der Waals surface area contributed by atoms with Crippen LogP contribution in [0.1, 0.15) is 34.1 Å². The van der Waals surface area contributed by atoms with Crippen molar-refractivity contribution in [3.05, 3.63) is 0 Å². The molecule has 0 aliphatic carbocycles. The Kier molecular flexibility index (Phi) is 5.73. The Balaban J connectivity index is 2.58. The summed E-state index contributed by atoms with van der Waals surface area (Å²) < 4.78 is 0. The molecule has 0 spiro atoms. The molecule has 1 heterocycles. The molecule has 0 aromatic rings. The Morgan fingerprint density at radius 2 is 1.75 bits per heavy atom. The van der Waals surface area contributed by atoms with Gasteiger partial charge >= 0.3 is 0 Å². The maximum Gasteiger partial charge on any atom is 0.0719 e. The van der Waals surface area contributed by atoms with Crippen LogP contribution < -0.4 is 5.32 Å². The van der Waals surface area contributed by atoms with Gasteiger partial charge in [-0.1, -0.05) is 27.7 Å². The highest BCUT2D eigenvalue weighted by Gasteiger charge is 2.29. The van der Waals surface area contributed by atoms with E-state index in [-0.39, 0.29) is 6.10 Å². The van der Waals surface area contributed by atoms with Gasteiger partial charge in [0.1, 0.15) is 0 Å². The summed E-state index contributed by atoms with van der Waals surface area (Å²) in [4.78, 5) is 2.46. The average Bonchev–Trinajstić information content (AvgIpc) is 2.15. The predicted molar refractivity (Wildman–Crippen MR) is 68.5 cm³/mol. The van der Waals surface area contributed by atoms with Gasteiger partial charge in [-0.15, -0.1) is 0 Å². The van der Waals surface area contributed by atoms with Crippen LogP contribution in [0.4, 0.5) is 0 Å². The molecule has 2 atom stereocenters. The number of hydrogen-bond acceptors (Lipinski definition) is 3. The maximum absolute atomic E-state index is 10.1. The lowest BCUT2D eigenvalue weighted by atomic mass is 9.99. The van der Waals surface area contributed by atoms with E-state index in [1.807, 2.05) is 0 Å². The van der Waals surface area contributed by atoms with Crippen molar-refractivity contribution in [3.8, 4) is 0 Å². The van der Waals surface area contributed by atoms with Crippen LogP contribution in [0, 0.1) is 11.8 Å². The third kappa shape index (κ3) is 4.40. The van der Waals surface area contributed by atoms with E-state index >= 15 is 0 Å². The topological polar surface area (TPSA) is 35.5 Å². The highest BCUT2D eigenvalue weighted by atomic mass is 16.3. The molecule has 2 N–H and O–H groups in total. The van der Waals surface area contributed by atoms with Gasteiger partial charge in [0.2, 0.25) is 0 Å². The molecule has 96 valence electrons. The number of hydrogen-bond donors (Lipinski definition) is 2. The van der Waals surface area contributed by atoms with Crippen LogP contribution in [0.2, 0.25) is 0 Å². The summed E-state index contributed by atoms with van der Waals surface area (Å²) in [5.41, 5.74) is 0. The second kappa shape index (κ2) is 6.58. The maximum atomic E-state index is 10.1. The molecule has 0 bridgehead atoms. The number of aliphatic hydroxyl groups excluding tert-OH is 1. The van der Waals surface area contributed by atoms with E-state index in [1.54, 1.807) is 0 Å². The molecular weight excluding hydrogens is 200 g/mol. The minimum Gasteiger partial charge on any atom is -0.391 e. The first-order chi connectivity index (χ1) is 7.50. The van der Waals surface area contributed by atoms with Crippen molar-refractivity contribution in [2.45, 2.75) is 46.3 Å². The van der Waals surface area contributed by atoms with Gasteiger partial charge in [-0.25, -0.2) is 0 Å². The fourth-order valence-electron chi connectivity index (χ4n) is 2.48. The van der Waals surface area contributed by atoms with E-state index in [9.17, 15) is 5.11 Å². The Labute approximate surface area is 100 Å². The molecule has 1 aliphatic heterocycles. The van der Waals surface area contributed by atoms with E-state index in [1.165, 1.54) is 0 Å². The molecule has 0 radical (unpaired) electrons. The van der Waals surface area contributed by atoms with E-state index in [4.69, 9.17) is 0 Å². The lowest BCUT2D eigenvalue weighted by Gasteiger charge is -2.39. The lowest BCUT2D eigenvalue weighted by Crippen LogP contribution is -2.55. The summed E-state index contributed by atoms with van der Waals surface area (Å²) >= 11 is 0. The third-order valence-electron chi connectivity index (χ3n) is 3.08. The Bertz CT molecular complexity index is 184. The van der Waals surface area contributed by atoms with Crippen molar-refractivity contribution in [3.63, 3.8) is 0 Å². The summed E-state index contributed by atoms with van der Waals surface area (Å²) in [6, 6.07) is 0.304. The van der Waals surface area contributed by atoms with Crippen molar-refractivity contribution in [1.29, 1.82) is 0 Å². The van der Waals surface area contributed by atoms with Gasteiger partial charge in [-0.05, 0) is 24.8 Å². The molecule has 1 fully saturated rings. The number of rotatable bonds is 5. The Morgan fingerprint density at radius 1 is 1.19 bits per heavy atom. The van der Waals surface area contributed by atoms with Crippen LogP contribution in [0.15, 0.2) is 0 Å². The normalized spacial score (nSPS) is 27.0. The average molecular weight is 228 g/mol. The van der Waals surface area contributed by atoms with E-state index in [2.05, 4.69) is 37.9 Å². The molecule has 16 heavy (non-hydrogen) atoms. The molecular formula is C13H28N2O. The minimum atomic E-state index is -0.154. The molecule has 2 unspecified atom stereocenters. The first kappa shape index (κ1) is 13.9. The summed E-state index contributed by atoms with van der Waals surface area (Å²) in [5, 5.41) is 13.5. The second-order valence-corrected chi connectivity index (χ2v) is 5.87. The van der Waals surface area contributed by atoms with Crippen molar-refractivity contribution >= 4 is 0 Å². The van der Waals surface area contributed by atoms with Crippen LogP contribution in [0.3, 0.4) is 0 Å². The molecule has 0 saturated carbocycles. The zero-order chi connectivity index (χ0) is 12.1. The van der Waals surface area contributed by atoms with E-state index in [0.717, 1.165) is 32.6 Å². The SMILES string of the molecule is CC(C)CN(CC(C)C)C1CNCCC1O. The first-order valence-electron chi connectivity index (χ1n) is 6.63. The zero-order valence-electron chi connectivity index (χ0n) is 11.2. The molecule has 0 amide bonds. The van der Waals surface area contributed by atoms with Gasteiger partial charge in [-0.2, -0.15) is 0 Å². The van der Waals surface area contributed by atoms with Crippen LogP contribution in [-0.4, -0.2) is 48.3 Å². The minimum absolute atomic E-state index is 0.154. The molecule has 3 nitrogen and oxygen atoms in total. The van der Waals surface area contributed by atoms with Crippen LogP contribution in [0.5, 0.6) is 0 Å². The summed E-state index contributed by atoms with van der Waals surface area (Å²) in [6.07, 6.45) is 0.732. The van der Waals surface area contributed by atoms with Crippen molar-refractivity contribution < 1.29 is 5.11 Å². The smallest absolute Gasteiger partial charge is 0.0719 e. The van der Waals surface area contributed by atoms with Crippen LogP contribution >= 0.6 is 0 Å². The molecule has 0 aromatic carbocycles. The summed E-state index contributed by atoms with van der Waals surface area (Å²) in [7, 11) is 0. The van der Waals surface area contributed by atoms with E-state index in [0.29, 0.717) is 17.9 Å². The van der Waals surface area contributed by atoms with Crippen molar-refractivity contribution in [1.82, 2.24) is 10.2 Å². The fourth-order valence-corrected chi connectivity index (χ4v) is 2.48. The van der Waals surface area contributed by atoms with Gasteiger partial charge in [0.25, 0.3) is 0 Å². The molecule has 3 heteroatoms. The molecule has 1 rings (SSSR count). The highest BCUT2D eigenvalue weighted by molar-refractivity contribution is 4.86.